The van der Waals surface area contributed by atoms with Crippen molar-refractivity contribution in [3.63, 3.8) is 0 Å². The third kappa shape index (κ3) is 5.49. The second-order valence-corrected chi connectivity index (χ2v) is 5.93. The number of sulfonamides is 1. The molecule has 0 aromatic heterocycles. The highest BCUT2D eigenvalue weighted by Crippen LogP contribution is 2.10. The number of hydrogen-bond donors (Lipinski definition) is 1. The molecule has 0 amide bonds. The Morgan fingerprint density at radius 2 is 1.87 bits per heavy atom. The summed E-state index contributed by atoms with van der Waals surface area (Å²) in [5, 5.41) is 8.81. The Labute approximate surface area is 93.3 Å². The smallest absolute Gasteiger partial charge is 0.214 e. The SMILES string of the molecule is CCCN(CCO)S(=O)(=O)CC(C)CC. The van der Waals surface area contributed by atoms with E-state index in [-0.39, 0.29) is 24.8 Å². The number of rotatable bonds is 8. The first-order valence-electron chi connectivity index (χ1n) is 5.56. The highest BCUT2D eigenvalue weighted by molar-refractivity contribution is 7.89. The van der Waals surface area contributed by atoms with Crippen LogP contribution in [0.4, 0.5) is 0 Å². The van der Waals surface area contributed by atoms with Crippen LogP contribution < -0.4 is 0 Å². The molecule has 15 heavy (non-hydrogen) atoms. The lowest BCUT2D eigenvalue weighted by molar-refractivity contribution is 0.253. The first-order chi connectivity index (χ1) is 6.97. The Bertz CT molecular complexity index is 245. The summed E-state index contributed by atoms with van der Waals surface area (Å²) in [6, 6.07) is 0. The van der Waals surface area contributed by atoms with Gasteiger partial charge in [0.05, 0.1) is 12.4 Å². The van der Waals surface area contributed by atoms with Crippen LogP contribution in [0.5, 0.6) is 0 Å². The molecule has 0 saturated carbocycles. The van der Waals surface area contributed by atoms with E-state index in [1.807, 2.05) is 20.8 Å². The van der Waals surface area contributed by atoms with E-state index in [2.05, 4.69) is 0 Å². The maximum Gasteiger partial charge on any atom is 0.214 e. The zero-order valence-electron chi connectivity index (χ0n) is 9.94. The van der Waals surface area contributed by atoms with E-state index < -0.39 is 10.0 Å². The Kier molecular flexibility index (Phi) is 7.13. The molecular weight excluding hydrogens is 214 g/mol. The third-order valence-corrected chi connectivity index (χ3v) is 4.55. The van der Waals surface area contributed by atoms with Gasteiger partial charge in [-0.2, -0.15) is 4.31 Å². The van der Waals surface area contributed by atoms with Gasteiger partial charge in [-0.15, -0.1) is 0 Å². The summed E-state index contributed by atoms with van der Waals surface area (Å²) in [4.78, 5) is 0. The van der Waals surface area contributed by atoms with Gasteiger partial charge in [0, 0.05) is 13.1 Å². The molecule has 1 N–H and O–H groups in total. The van der Waals surface area contributed by atoms with Crippen molar-refractivity contribution in [2.45, 2.75) is 33.6 Å². The Balaban J connectivity index is 4.48. The number of aliphatic hydroxyl groups excluding tert-OH is 1. The summed E-state index contributed by atoms with van der Waals surface area (Å²) in [7, 11) is -3.18. The molecule has 0 saturated heterocycles. The molecule has 0 heterocycles. The molecular formula is C10H23NO3S. The molecule has 92 valence electrons. The normalized spacial score (nSPS) is 14.5. The van der Waals surface area contributed by atoms with Crippen molar-refractivity contribution in [2.75, 3.05) is 25.4 Å². The monoisotopic (exact) mass is 237 g/mol. The summed E-state index contributed by atoms with van der Waals surface area (Å²) in [5.41, 5.74) is 0. The minimum atomic E-state index is -3.18. The lowest BCUT2D eigenvalue weighted by Crippen LogP contribution is -2.37. The van der Waals surface area contributed by atoms with Gasteiger partial charge in [-0.25, -0.2) is 8.42 Å². The van der Waals surface area contributed by atoms with Crippen molar-refractivity contribution in [3.05, 3.63) is 0 Å². The average Bonchev–Trinajstić information content (AvgIpc) is 2.16. The third-order valence-electron chi connectivity index (χ3n) is 2.41. The van der Waals surface area contributed by atoms with E-state index >= 15 is 0 Å². The number of hydrogen-bond acceptors (Lipinski definition) is 3. The highest BCUT2D eigenvalue weighted by Gasteiger charge is 2.22. The molecule has 4 nitrogen and oxygen atoms in total. The van der Waals surface area contributed by atoms with Crippen molar-refractivity contribution in [1.29, 1.82) is 0 Å². The van der Waals surface area contributed by atoms with Gasteiger partial charge in [-0.3, -0.25) is 0 Å². The van der Waals surface area contributed by atoms with E-state index in [1.54, 1.807) is 0 Å². The first-order valence-corrected chi connectivity index (χ1v) is 7.17. The molecule has 0 bridgehead atoms. The molecule has 0 spiro atoms. The molecule has 5 heteroatoms. The number of aliphatic hydroxyl groups is 1. The van der Waals surface area contributed by atoms with Crippen molar-refractivity contribution in [1.82, 2.24) is 4.31 Å². The van der Waals surface area contributed by atoms with E-state index in [4.69, 9.17) is 5.11 Å². The van der Waals surface area contributed by atoms with Gasteiger partial charge in [0.15, 0.2) is 0 Å². The lowest BCUT2D eigenvalue weighted by atomic mass is 10.2. The van der Waals surface area contributed by atoms with Gasteiger partial charge in [0.1, 0.15) is 0 Å². The van der Waals surface area contributed by atoms with Crippen LogP contribution in [0.2, 0.25) is 0 Å². The van der Waals surface area contributed by atoms with Crippen LogP contribution in [-0.4, -0.2) is 43.3 Å². The van der Waals surface area contributed by atoms with E-state index in [1.165, 1.54) is 4.31 Å². The van der Waals surface area contributed by atoms with Gasteiger partial charge >= 0.3 is 0 Å². The van der Waals surface area contributed by atoms with Gasteiger partial charge in [0.2, 0.25) is 10.0 Å². The van der Waals surface area contributed by atoms with Crippen LogP contribution in [-0.2, 0) is 10.0 Å². The molecule has 1 atom stereocenters. The van der Waals surface area contributed by atoms with Crippen LogP contribution in [0.15, 0.2) is 0 Å². The van der Waals surface area contributed by atoms with E-state index in [0.717, 1.165) is 12.8 Å². The van der Waals surface area contributed by atoms with Crippen molar-refractivity contribution in [3.8, 4) is 0 Å². The Morgan fingerprint density at radius 3 is 2.27 bits per heavy atom. The molecule has 0 fully saturated rings. The summed E-state index contributed by atoms with van der Waals surface area (Å²) >= 11 is 0. The summed E-state index contributed by atoms with van der Waals surface area (Å²) in [6.07, 6.45) is 1.64. The second-order valence-electron chi connectivity index (χ2n) is 3.91. The Morgan fingerprint density at radius 1 is 1.27 bits per heavy atom. The molecule has 0 aromatic rings. The molecule has 0 aliphatic heterocycles. The van der Waals surface area contributed by atoms with Crippen molar-refractivity contribution >= 4 is 10.0 Å². The highest BCUT2D eigenvalue weighted by atomic mass is 32.2. The first kappa shape index (κ1) is 14.9. The zero-order valence-corrected chi connectivity index (χ0v) is 10.8. The minimum absolute atomic E-state index is 0.111. The topological polar surface area (TPSA) is 57.6 Å². The number of nitrogens with zero attached hydrogens (tertiary/aromatic N) is 1. The van der Waals surface area contributed by atoms with Gasteiger partial charge in [0.25, 0.3) is 0 Å². The zero-order chi connectivity index (χ0) is 11.9. The fraction of sp³-hybridized carbons (Fsp3) is 1.00. The van der Waals surface area contributed by atoms with Crippen LogP contribution in [0.1, 0.15) is 33.6 Å². The maximum absolute atomic E-state index is 11.9. The van der Waals surface area contributed by atoms with Crippen molar-refractivity contribution < 1.29 is 13.5 Å². The van der Waals surface area contributed by atoms with Gasteiger partial charge < -0.3 is 5.11 Å². The van der Waals surface area contributed by atoms with Crippen LogP contribution in [0, 0.1) is 5.92 Å². The molecule has 0 radical (unpaired) electrons. The lowest BCUT2D eigenvalue weighted by Gasteiger charge is -2.22. The van der Waals surface area contributed by atoms with Gasteiger partial charge in [-0.1, -0.05) is 27.2 Å². The van der Waals surface area contributed by atoms with Crippen LogP contribution in [0.3, 0.4) is 0 Å². The largest absolute Gasteiger partial charge is 0.395 e. The molecule has 0 rings (SSSR count). The average molecular weight is 237 g/mol. The van der Waals surface area contributed by atoms with Crippen molar-refractivity contribution in [2.24, 2.45) is 5.92 Å². The van der Waals surface area contributed by atoms with E-state index in [9.17, 15) is 8.42 Å². The second kappa shape index (κ2) is 7.19. The molecule has 1 unspecified atom stereocenters. The fourth-order valence-corrected chi connectivity index (χ4v) is 3.32. The fourth-order valence-electron chi connectivity index (χ4n) is 1.33. The molecule has 0 aromatic carbocycles. The van der Waals surface area contributed by atoms with Gasteiger partial charge in [-0.05, 0) is 12.3 Å². The van der Waals surface area contributed by atoms with Crippen LogP contribution >= 0.6 is 0 Å². The summed E-state index contributed by atoms with van der Waals surface area (Å²) < 4.78 is 25.2. The quantitative estimate of drug-likeness (QED) is 0.687. The molecule has 0 aliphatic carbocycles. The predicted octanol–water partition coefficient (Wildman–Crippen LogP) is 1.07. The maximum atomic E-state index is 11.9. The predicted molar refractivity (Wildman–Crippen MR) is 62.2 cm³/mol. The minimum Gasteiger partial charge on any atom is -0.395 e. The Hall–Kier alpha value is -0.130. The standard InChI is InChI=1S/C10H23NO3S/c1-4-6-11(7-8-12)15(13,14)9-10(3)5-2/h10,12H,4-9H2,1-3H3. The summed E-state index contributed by atoms with van der Waals surface area (Å²) in [6.45, 7) is 6.45. The summed E-state index contributed by atoms with van der Waals surface area (Å²) in [5.74, 6) is 0.358. The molecule has 0 aliphatic rings. The van der Waals surface area contributed by atoms with E-state index in [0.29, 0.717) is 6.54 Å². The van der Waals surface area contributed by atoms with Crippen LogP contribution in [0.25, 0.3) is 0 Å².